The number of benzene rings is 1. The Hall–Kier alpha value is -1.11. The van der Waals surface area contributed by atoms with E-state index in [0.29, 0.717) is 0 Å². The van der Waals surface area contributed by atoms with Gasteiger partial charge in [0.25, 0.3) is 0 Å². The molecule has 5 heteroatoms. The van der Waals surface area contributed by atoms with Crippen molar-refractivity contribution in [2.45, 2.75) is 41.0 Å². The number of hydrogen-bond donors (Lipinski definition) is 0. The molecule has 0 aliphatic heterocycles. The van der Waals surface area contributed by atoms with E-state index in [9.17, 15) is 9.59 Å². The number of carbonyl (C=O) groups is 2. The first-order valence-corrected chi connectivity index (χ1v) is 8.87. The molecule has 0 saturated carbocycles. The molecule has 0 aliphatic rings. The van der Waals surface area contributed by atoms with Crippen LogP contribution in [0.1, 0.15) is 37.0 Å². The molecule has 0 aromatic heterocycles. The van der Waals surface area contributed by atoms with Gasteiger partial charge in [0.05, 0.1) is 0 Å². The minimum absolute atomic E-state index is 0.277. The van der Waals surface area contributed by atoms with Crippen LogP contribution in [-0.4, -0.2) is 11.9 Å². The van der Waals surface area contributed by atoms with Crippen molar-refractivity contribution in [3.8, 4) is 0 Å². The van der Waals surface area contributed by atoms with Crippen LogP contribution in [0.5, 0.6) is 0 Å². The second-order valence-electron chi connectivity index (χ2n) is 4.30. The van der Waals surface area contributed by atoms with Gasteiger partial charge >= 0.3 is 122 Å². The molecule has 0 atom stereocenters. The molecule has 1 aromatic rings. The third-order valence-corrected chi connectivity index (χ3v) is 6.85. The number of rotatable bonds is 4. The topological polar surface area (TPSA) is 52.6 Å². The molecule has 106 valence electrons. The molecule has 0 unspecified atom stereocenters. The summed E-state index contributed by atoms with van der Waals surface area (Å²) in [5.74, 6) is -0.737. The van der Waals surface area contributed by atoms with E-state index in [1.54, 1.807) is 6.92 Å². The van der Waals surface area contributed by atoms with Crippen LogP contribution < -0.4 is 0 Å². The number of halogens is 1. The molecule has 0 saturated heterocycles. The van der Waals surface area contributed by atoms with Crippen LogP contribution in [0.4, 0.5) is 0 Å². The molecule has 0 radical (unpaired) electrons. The van der Waals surface area contributed by atoms with Crippen LogP contribution >= 0.6 is 20.6 Å². The third-order valence-electron chi connectivity index (χ3n) is 2.36. The standard InChI is InChI=1S/C14H19IO4/c1-6-13(17)19-15(18-12(5)16)14-10(3)7-9(2)8-11(14)4/h7-8H,6H2,1-5H3. The first-order valence-electron chi connectivity index (χ1n) is 6.03. The zero-order valence-corrected chi connectivity index (χ0v) is 14.0. The summed E-state index contributed by atoms with van der Waals surface area (Å²) >= 11 is -2.72. The van der Waals surface area contributed by atoms with E-state index in [4.69, 9.17) is 6.13 Å². The fourth-order valence-corrected chi connectivity index (χ4v) is 5.28. The maximum atomic E-state index is 11.5. The number of carbonyl (C=O) groups excluding carboxylic acids is 2. The van der Waals surface area contributed by atoms with E-state index in [1.165, 1.54) is 6.92 Å². The molecule has 0 amide bonds. The predicted molar refractivity (Wildman–Crippen MR) is 81.5 cm³/mol. The molecule has 1 aromatic carbocycles. The Morgan fingerprint density at radius 2 is 1.63 bits per heavy atom. The van der Waals surface area contributed by atoms with Crippen LogP contribution in [0, 0.1) is 24.3 Å². The predicted octanol–water partition coefficient (Wildman–Crippen LogP) is 3.63. The second-order valence-corrected chi connectivity index (χ2v) is 7.50. The fraction of sp³-hybridized carbons (Fsp3) is 0.429. The van der Waals surface area contributed by atoms with Gasteiger partial charge in [0.1, 0.15) is 0 Å². The van der Waals surface area contributed by atoms with Crippen LogP contribution in [-0.2, 0) is 15.7 Å². The Morgan fingerprint density at radius 3 is 2.05 bits per heavy atom. The summed E-state index contributed by atoms with van der Waals surface area (Å²) in [6.07, 6.45) is 0.277. The summed E-state index contributed by atoms with van der Waals surface area (Å²) in [5.41, 5.74) is 3.15. The van der Waals surface area contributed by atoms with Gasteiger partial charge in [-0.25, -0.2) is 0 Å². The number of aryl methyl sites for hydroxylation is 3. The van der Waals surface area contributed by atoms with Crippen molar-refractivity contribution in [1.29, 1.82) is 0 Å². The van der Waals surface area contributed by atoms with Crippen molar-refractivity contribution < 1.29 is 15.7 Å². The SMILES string of the molecule is CCC(=O)OI(OC(C)=O)c1c(C)cc(C)cc1C. The Bertz CT molecular complexity index is 473. The first-order chi connectivity index (χ1) is 8.85. The molecule has 0 N–H and O–H groups in total. The zero-order valence-electron chi connectivity index (χ0n) is 11.9. The molecule has 0 aliphatic carbocycles. The quantitative estimate of drug-likeness (QED) is 0.751. The van der Waals surface area contributed by atoms with Gasteiger partial charge in [-0.2, -0.15) is 0 Å². The van der Waals surface area contributed by atoms with Crippen molar-refractivity contribution in [3.05, 3.63) is 32.4 Å². The van der Waals surface area contributed by atoms with Crippen molar-refractivity contribution in [3.63, 3.8) is 0 Å². The first kappa shape index (κ1) is 15.9. The molecule has 0 bridgehead atoms. The summed E-state index contributed by atoms with van der Waals surface area (Å²) in [6, 6.07) is 4.02. The Kier molecular flexibility index (Phi) is 5.78. The molecule has 1 rings (SSSR count). The molecule has 4 nitrogen and oxygen atoms in total. The van der Waals surface area contributed by atoms with Gasteiger partial charge in [0.2, 0.25) is 0 Å². The van der Waals surface area contributed by atoms with Crippen molar-refractivity contribution >= 4 is 32.6 Å². The molecular formula is C14H19IO4. The van der Waals surface area contributed by atoms with Gasteiger partial charge < -0.3 is 0 Å². The zero-order chi connectivity index (χ0) is 14.6. The van der Waals surface area contributed by atoms with Gasteiger partial charge in [0.15, 0.2) is 0 Å². The van der Waals surface area contributed by atoms with E-state index in [1.807, 2.05) is 32.9 Å². The average molecular weight is 378 g/mol. The molecular weight excluding hydrogens is 359 g/mol. The summed E-state index contributed by atoms with van der Waals surface area (Å²) in [7, 11) is 0. The Morgan fingerprint density at radius 1 is 1.11 bits per heavy atom. The average Bonchev–Trinajstić information content (AvgIpc) is 2.26. The van der Waals surface area contributed by atoms with Gasteiger partial charge in [-0.15, -0.1) is 0 Å². The van der Waals surface area contributed by atoms with Crippen molar-refractivity contribution in [1.82, 2.24) is 0 Å². The van der Waals surface area contributed by atoms with Gasteiger partial charge in [-0.05, 0) is 0 Å². The maximum absolute atomic E-state index is 11.5. The van der Waals surface area contributed by atoms with Gasteiger partial charge in [0, 0.05) is 0 Å². The van der Waals surface area contributed by atoms with E-state index < -0.39 is 26.6 Å². The van der Waals surface area contributed by atoms with E-state index in [0.717, 1.165) is 20.3 Å². The van der Waals surface area contributed by atoms with Crippen LogP contribution in [0.2, 0.25) is 0 Å². The fourth-order valence-electron chi connectivity index (χ4n) is 1.73. The summed E-state index contributed by atoms with van der Waals surface area (Å²) in [5, 5.41) is 0. The second kappa shape index (κ2) is 6.88. The third kappa shape index (κ3) is 4.49. The normalized spacial score (nSPS) is 10.9. The summed E-state index contributed by atoms with van der Waals surface area (Å²) in [6.45, 7) is 8.96. The van der Waals surface area contributed by atoms with Crippen LogP contribution in [0.25, 0.3) is 0 Å². The number of hydrogen-bond acceptors (Lipinski definition) is 4. The van der Waals surface area contributed by atoms with Crippen molar-refractivity contribution in [2.24, 2.45) is 0 Å². The van der Waals surface area contributed by atoms with Crippen molar-refractivity contribution in [2.75, 3.05) is 0 Å². The molecule has 0 heterocycles. The van der Waals surface area contributed by atoms with E-state index in [-0.39, 0.29) is 12.4 Å². The van der Waals surface area contributed by atoms with Gasteiger partial charge in [-0.3, -0.25) is 0 Å². The summed E-state index contributed by atoms with van der Waals surface area (Å²) in [4.78, 5) is 22.7. The van der Waals surface area contributed by atoms with E-state index in [2.05, 4.69) is 0 Å². The summed E-state index contributed by atoms with van der Waals surface area (Å²) < 4.78 is 11.6. The molecule has 0 spiro atoms. The molecule has 19 heavy (non-hydrogen) atoms. The minimum atomic E-state index is -2.72. The molecule has 0 fully saturated rings. The van der Waals surface area contributed by atoms with Gasteiger partial charge in [-0.1, -0.05) is 0 Å². The van der Waals surface area contributed by atoms with Crippen LogP contribution in [0.3, 0.4) is 0 Å². The monoisotopic (exact) mass is 378 g/mol. The van der Waals surface area contributed by atoms with E-state index >= 15 is 0 Å². The van der Waals surface area contributed by atoms with Crippen LogP contribution in [0.15, 0.2) is 12.1 Å². The Labute approximate surface area is 122 Å². The Balaban J connectivity index is 3.16.